The normalized spacial score (nSPS) is 20.2. The van der Waals surface area contributed by atoms with E-state index >= 15 is 0 Å². The number of likely N-dealkylation sites (tertiary alicyclic amines) is 1. The second-order valence-electron chi connectivity index (χ2n) is 3.35. The lowest BCUT2D eigenvalue weighted by molar-refractivity contribution is -0.167. The summed E-state index contributed by atoms with van der Waals surface area (Å²) in [6, 6.07) is 0. The van der Waals surface area contributed by atoms with E-state index in [1.54, 1.807) is 0 Å². The number of halogens is 2. The van der Waals surface area contributed by atoms with Gasteiger partial charge in [-0.1, -0.05) is 6.42 Å². The smallest absolute Gasteiger partial charge is 0.375 e. The van der Waals surface area contributed by atoms with Crippen LogP contribution in [0.5, 0.6) is 0 Å². The van der Waals surface area contributed by atoms with Gasteiger partial charge in [-0.15, -0.1) is 0 Å². The van der Waals surface area contributed by atoms with Crippen molar-refractivity contribution in [3.05, 3.63) is 0 Å². The van der Waals surface area contributed by atoms with Crippen molar-refractivity contribution < 1.29 is 18.7 Å². The Hall–Kier alpha value is -0.710. The fourth-order valence-corrected chi connectivity index (χ4v) is 1.47. The first kappa shape index (κ1) is 10.4. The lowest BCUT2D eigenvalue weighted by atomic mass is 10.1. The summed E-state index contributed by atoms with van der Waals surface area (Å²) in [7, 11) is 0. The molecule has 0 aromatic heterocycles. The van der Waals surface area contributed by atoms with E-state index < -0.39 is 18.4 Å². The van der Waals surface area contributed by atoms with Crippen molar-refractivity contribution in [2.24, 2.45) is 0 Å². The third-order valence-corrected chi connectivity index (χ3v) is 2.18. The quantitative estimate of drug-likeness (QED) is 0.732. The zero-order valence-electron chi connectivity index (χ0n) is 7.30. The van der Waals surface area contributed by atoms with Crippen LogP contribution in [-0.4, -0.2) is 41.5 Å². The summed E-state index contributed by atoms with van der Waals surface area (Å²) in [5.74, 6) is -5.63. The number of carboxylic acid groups (broad SMARTS) is 1. The van der Waals surface area contributed by atoms with Gasteiger partial charge in [-0.2, -0.15) is 8.78 Å². The van der Waals surface area contributed by atoms with Gasteiger partial charge in [-0.3, -0.25) is 4.90 Å². The third-order valence-electron chi connectivity index (χ3n) is 2.18. The van der Waals surface area contributed by atoms with Crippen molar-refractivity contribution in [1.82, 2.24) is 4.90 Å². The topological polar surface area (TPSA) is 40.5 Å². The van der Waals surface area contributed by atoms with Gasteiger partial charge in [0.25, 0.3) is 0 Å². The second-order valence-corrected chi connectivity index (χ2v) is 3.35. The Morgan fingerprint density at radius 3 is 2.31 bits per heavy atom. The molecule has 3 nitrogen and oxygen atoms in total. The molecule has 0 aromatic carbocycles. The Labute approximate surface area is 75.3 Å². The highest BCUT2D eigenvalue weighted by Gasteiger charge is 2.40. The summed E-state index contributed by atoms with van der Waals surface area (Å²) in [5, 5.41) is 8.20. The molecule has 0 atom stereocenters. The van der Waals surface area contributed by atoms with Crippen LogP contribution in [0.25, 0.3) is 0 Å². The zero-order chi connectivity index (χ0) is 9.90. The first-order chi connectivity index (χ1) is 6.02. The van der Waals surface area contributed by atoms with Crippen LogP contribution in [0, 0.1) is 0 Å². The van der Waals surface area contributed by atoms with E-state index in [0.29, 0.717) is 13.1 Å². The monoisotopic (exact) mass is 193 g/mol. The number of hydrogen-bond donors (Lipinski definition) is 1. The van der Waals surface area contributed by atoms with Crippen LogP contribution in [0.4, 0.5) is 8.78 Å². The molecular formula is C8H13F2NO2. The lowest BCUT2D eigenvalue weighted by Crippen LogP contribution is -2.44. The Balaban J connectivity index is 2.41. The molecule has 5 heteroatoms. The zero-order valence-corrected chi connectivity index (χ0v) is 7.30. The van der Waals surface area contributed by atoms with Crippen molar-refractivity contribution >= 4 is 5.97 Å². The van der Waals surface area contributed by atoms with E-state index in [-0.39, 0.29) is 0 Å². The molecule has 1 saturated heterocycles. The molecule has 1 rings (SSSR count). The van der Waals surface area contributed by atoms with Gasteiger partial charge < -0.3 is 5.11 Å². The maximum Gasteiger partial charge on any atom is 0.375 e. The highest BCUT2D eigenvalue weighted by molar-refractivity contribution is 5.75. The molecule has 0 spiro atoms. The van der Waals surface area contributed by atoms with Crippen molar-refractivity contribution in [2.75, 3.05) is 19.6 Å². The molecule has 76 valence electrons. The molecular weight excluding hydrogens is 180 g/mol. The first-order valence-electron chi connectivity index (χ1n) is 4.36. The number of nitrogens with zero attached hydrogens (tertiary/aromatic N) is 1. The number of carbonyl (C=O) groups is 1. The van der Waals surface area contributed by atoms with Crippen molar-refractivity contribution in [3.63, 3.8) is 0 Å². The third kappa shape index (κ3) is 2.91. The molecule has 13 heavy (non-hydrogen) atoms. The van der Waals surface area contributed by atoms with Crippen LogP contribution in [-0.2, 0) is 4.79 Å². The minimum Gasteiger partial charge on any atom is -0.477 e. The molecule has 0 radical (unpaired) electrons. The molecule has 0 aromatic rings. The van der Waals surface area contributed by atoms with Crippen LogP contribution < -0.4 is 0 Å². The summed E-state index contributed by atoms with van der Waals surface area (Å²) in [6.45, 7) is 0.522. The molecule has 0 bridgehead atoms. The number of aliphatic carboxylic acids is 1. The molecule has 1 aliphatic rings. The van der Waals surface area contributed by atoms with Crippen LogP contribution in [0.1, 0.15) is 19.3 Å². The Morgan fingerprint density at radius 2 is 1.85 bits per heavy atom. The van der Waals surface area contributed by atoms with Crippen molar-refractivity contribution in [3.8, 4) is 0 Å². The molecule has 1 N–H and O–H groups in total. The van der Waals surface area contributed by atoms with E-state index in [2.05, 4.69) is 0 Å². The molecule has 0 unspecified atom stereocenters. The summed E-state index contributed by atoms with van der Waals surface area (Å²) in [5.41, 5.74) is 0. The number of rotatable bonds is 3. The van der Waals surface area contributed by atoms with Gasteiger partial charge >= 0.3 is 11.9 Å². The van der Waals surface area contributed by atoms with Gasteiger partial charge in [0.2, 0.25) is 0 Å². The summed E-state index contributed by atoms with van der Waals surface area (Å²) < 4.78 is 25.4. The Bertz CT molecular complexity index is 191. The number of hydrogen-bond acceptors (Lipinski definition) is 2. The number of carboxylic acids is 1. The summed E-state index contributed by atoms with van der Waals surface area (Å²) >= 11 is 0. The van der Waals surface area contributed by atoms with Gasteiger partial charge in [0.1, 0.15) is 0 Å². The predicted molar refractivity (Wildman–Crippen MR) is 42.9 cm³/mol. The standard InChI is InChI=1S/C8H13F2NO2/c9-8(10,7(12)13)6-11-4-2-1-3-5-11/h1-6H2,(H,12,13). The largest absolute Gasteiger partial charge is 0.477 e. The minimum absolute atomic E-state index is 0.586. The predicted octanol–water partition coefficient (Wildman–Crippen LogP) is 1.19. The Kier molecular flexibility index (Phi) is 3.19. The average molecular weight is 193 g/mol. The van der Waals surface area contributed by atoms with Gasteiger partial charge in [0.15, 0.2) is 0 Å². The van der Waals surface area contributed by atoms with Gasteiger partial charge in [-0.25, -0.2) is 4.79 Å². The molecule has 1 aliphatic heterocycles. The van der Waals surface area contributed by atoms with E-state index in [9.17, 15) is 13.6 Å². The molecule has 0 aliphatic carbocycles. The van der Waals surface area contributed by atoms with E-state index in [4.69, 9.17) is 5.11 Å². The van der Waals surface area contributed by atoms with Gasteiger partial charge in [-0.05, 0) is 25.9 Å². The van der Waals surface area contributed by atoms with Gasteiger partial charge in [0, 0.05) is 0 Å². The molecule has 0 amide bonds. The molecule has 1 heterocycles. The van der Waals surface area contributed by atoms with Gasteiger partial charge in [0.05, 0.1) is 6.54 Å². The second kappa shape index (κ2) is 4.00. The van der Waals surface area contributed by atoms with Crippen LogP contribution in [0.2, 0.25) is 0 Å². The maximum absolute atomic E-state index is 12.7. The Morgan fingerprint density at radius 1 is 1.31 bits per heavy atom. The fourth-order valence-electron chi connectivity index (χ4n) is 1.47. The van der Waals surface area contributed by atoms with Crippen LogP contribution >= 0.6 is 0 Å². The van der Waals surface area contributed by atoms with Crippen LogP contribution in [0.15, 0.2) is 0 Å². The minimum atomic E-state index is -3.60. The van der Waals surface area contributed by atoms with Crippen LogP contribution in [0.3, 0.4) is 0 Å². The highest BCUT2D eigenvalue weighted by atomic mass is 19.3. The molecule has 1 fully saturated rings. The maximum atomic E-state index is 12.7. The van der Waals surface area contributed by atoms with E-state index in [1.165, 1.54) is 4.90 Å². The van der Waals surface area contributed by atoms with Crippen molar-refractivity contribution in [1.29, 1.82) is 0 Å². The number of alkyl halides is 2. The molecule has 0 saturated carbocycles. The van der Waals surface area contributed by atoms with E-state index in [0.717, 1.165) is 19.3 Å². The van der Waals surface area contributed by atoms with E-state index in [1.807, 2.05) is 0 Å². The van der Waals surface area contributed by atoms with Crippen molar-refractivity contribution in [2.45, 2.75) is 25.2 Å². The average Bonchev–Trinajstić information content (AvgIpc) is 2.05. The summed E-state index contributed by atoms with van der Waals surface area (Å²) in [6.07, 6.45) is 2.82. The lowest BCUT2D eigenvalue weighted by Gasteiger charge is -2.28. The fraction of sp³-hybridized carbons (Fsp3) is 0.875. The first-order valence-corrected chi connectivity index (χ1v) is 4.36. The SMILES string of the molecule is O=C(O)C(F)(F)CN1CCCCC1. The summed E-state index contributed by atoms with van der Waals surface area (Å²) in [4.78, 5) is 11.6. The highest BCUT2D eigenvalue weighted by Crippen LogP contribution is 2.18. The number of piperidine rings is 1.